The molecule has 6 heteroatoms. The van der Waals surface area contributed by atoms with Gasteiger partial charge in [-0.05, 0) is 23.8 Å². The Hall–Kier alpha value is -1.88. The number of anilines is 1. The molecule has 0 radical (unpaired) electrons. The summed E-state index contributed by atoms with van der Waals surface area (Å²) in [5.74, 6) is -0.307. The van der Waals surface area contributed by atoms with Gasteiger partial charge in [0, 0.05) is 21.9 Å². The van der Waals surface area contributed by atoms with Gasteiger partial charge in [-0.25, -0.2) is 4.98 Å². The zero-order valence-electron chi connectivity index (χ0n) is 11.8. The Morgan fingerprint density at radius 2 is 2.00 bits per heavy atom. The third kappa shape index (κ3) is 2.63. The molecule has 3 aromatic rings. The molecule has 0 saturated heterocycles. The van der Waals surface area contributed by atoms with Crippen molar-refractivity contribution in [3.63, 3.8) is 0 Å². The fourth-order valence-electron chi connectivity index (χ4n) is 2.65. The van der Waals surface area contributed by atoms with Crippen LogP contribution >= 0.6 is 34.5 Å². The number of fused-ring (bicyclic) bond motifs is 3. The summed E-state index contributed by atoms with van der Waals surface area (Å²) < 4.78 is 0. The van der Waals surface area contributed by atoms with Gasteiger partial charge >= 0.3 is 0 Å². The molecule has 0 aliphatic heterocycles. The Balaban J connectivity index is 1.62. The predicted octanol–water partition coefficient (Wildman–Crippen LogP) is 5.27. The minimum atomic E-state index is -0.307. The third-order valence-electron chi connectivity index (χ3n) is 3.71. The molecule has 1 aliphatic carbocycles. The molecule has 23 heavy (non-hydrogen) atoms. The summed E-state index contributed by atoms with van der Waals surface area (Å²) in [7, 11) is 0. The first-order valence-electron chi connectivity index (χ1n) is 6.96. The summed E-state index contributed by atoms with van der Waals surface area (Å²) in [6.07, 6.45) is 0.858. The molecule has 114 valence electrons. The van der Waals surface area contributed by atoms with Gasteiger partial charge in [-0.3, -0.25) is 10.1 Å². The third-order valence-corrected chi connectivity index (χ3v) is 5.25. The zero-order chi connectivity index (χ0) is 16.0. The summed E-state index contributed by atoms with van der Waals surface area (Å²) in [6.45, 7) is 0. The SMILES string of the molecule is O=C(Nc1nc2c(s1)Cc1ccccc1-2)c1cc(Cl)ccc1Cl. The quantitative estimate of drug-likeness (QED) is 0.528. The van der Waals surface area contributed by atoms with Crippen LogP contribution in [0.15, 0.2) is 42.5 Å². The second kappa shape index (κ2) is 5.64. The zero-order valence-corrected chi connectivity index (χ0v) is 14.1. The first-order valence-corrected chi connectivity index (χ1v) is 8.53. The van der Waals surface area contributed by atoms with Crippen molar-refractivity contribution in [1.29, 1.82) is 0 Å². The van der Waals surface area contributed by atoms with Crippen molar-refractivity contribution in [3.05, 3.63) is 68.5 Å². The normalized spacial score (nSPS) is 11.9. The molecular weight excluding hydrogens is 351 g/mol. The van der Waals surface area contributed by atoms with Crippen molar-refractivity contribution >= 4 is 45.6 Å². The van der Waals surface area contributed by atoms with E-state index in [2.05, 4.69) is 22.4 Å². The highest BCUT2D eigenvalue weighted by atomic mass is 35.5. The van der Waals surface area contributed by atoms with Crippen molar-refractivity contribution in [1.82, 2.24) is 4.98 Å². The molecule has 3 nitrogen and oxygen atoms in total. The maximum Gasteiger partial charge on any atom is 0.259 e. The lowest BCUT2D eigenvalue weighted by Crippen LogP contribution is -2.12. The lowest BCUT2D eigenvalue weighted by molar-refractivity contribution is 0.102. The lowest BCUT2D eigenvalue weighted by atomic mass is 10.1. The average molecular weight is 361 g/mol. The second-order valence-electron chi connectivity index (χ2n) is 5.20. The smallest absolute Gasteiger partial charge is 0.259 e. The van der Waals surface area contributed by atoms with Crippen LogP contribution in [0.1, 0.15) is 20.8 Å². The van der Waals surface area contributed by atoms with Gasteiger partial charge in [0.15, 0.2) is 5.13 Å². The number of rotatable bonds is 2. The summed E-state index contributed by atoms with van der Waals surface area (Å²) in [5.41, 5.74) is 3.71. The molecule has 4 rings (SSSR count). The first-order chi connectivity index (χ1) is 11.1. The highest BCUT2D eigenvalue weighted by Crippen LogP contribution is 2.40. The highest BCUT2D eigenvalue weighted by molar-refractivity contribution is 7.16. The van der Waals surface area contributed by atoms with Crippen LogP contribution < -0.4 is 5.32 Å². The van der Waals surface area contributed by atoms with Crippen LogP contribution in [0.3, 0.4) is 0 Å². The van der Waals surface area contributed by atoms with Gasteiger partial charge in [-0.15, -0.1) is 11.3 Å². The number of hydrogen-bond donors (Lipinski definition) is 1. The minimum Gasteiger partial charge on any atom is -0.298 e. The van der Waals surface area contributed by atoms with E-state index in [0.29, 0.717) is 20.7 Å². The van der Waals surface area contributed by atoms with E-state index < -0.39 is 0 Å². The Kier molecular flexibility index (Phi) is 3.60. The van der Waals surface area contributed by atoms with Crippen molar-refractivity contribution in [2.24, 2.45) is 0 Å². The fraction of sp³-hybridized carbons (Fsp3) is 0.0588. The standard InChI is InChI=1S/C17H10Cl2N2OS/c18-10-5-6-13(19)12(8-10)16(22)21-17-20-15-11-4-2-1-3-9(11)7-14(15)23-17/h1-6,8H,7H2,(H,20,21,22). The van der Waals surface area contributed by atoms with Gasteiger partial charge in [0.05, 0.1) is 16.3 Å². The van der Waals surface area contributed by atoms with Crippen molar-refractivity contribution in [3.8, 4) is 11.3 Å². The number of nitrogens with zero attached hydrogens (tertiary/aromatic N) is 1. The number of thiazole rings is 1. The summed E-state index contributed by atoms with van der Waals surface area (Å²) in [5, 5.41) is 4.22. The summed E-state index contributed by atoms with van der Waals surface area (Å²) in [4.78, 5) is 18.1. The topological polar surface area (TPSA) is 42.0 Å². The largest absolute Gasteiger partial charge is 0.298 e. The molecule has 1 amide bonds. The number of carbonyl (C=O) groups is 1. The van der Waals surface area contributed by atoms with E-state index in [-0.39, 0.29) is 5.91 Å². The molecular formula is C17H10Cl2N2OS. The van der Waals surface area contributed by atoms with E-state index in [1.807, 2.05) is 12.1 Å². The molecule has 0 fully saturated rings. The van der Waals surface area contributed by atoms with E-state index in [9.17, 15) is 4.79 Å². The van der Waals surface area contributed by atoms with E-state index >= 15 is 0 Å². The molecule has 0 bridgehead atoms. The molecule has 1 aromatic heterocycles. The van der Waals surface area contributed by atoms with Gasteiger partial charge in [0.1, 0.15) is 0 Å². The van der Waals surface area contributed by atoms with Gasteiger partial charge in [-0.1, -0.05) is 47.5 Å². The highest BCUT2D eigenvalue weighted by Gasteiger charge is 2.23. The molecule has 1 N–H and O–H groups in total. The monoisotopic (exact) mass is 360 g/mol. The van der Waals surface area contributed by atoms with Crippen LogP contribution in [0.2, 0.25) is 10.0 Å². The van der Waals surface area contributed by atoms with Crippen LogP contribution in [0.25, 0.3) is 11.3 Å². The number of halogens is 2. The van der Waals surface area contributed by atoms with Gasteiger partial charge in [-0.2, -0.15) is 0 Å². The maximum atomic E-state index is 12.4. The van der Waals surface area contributed by atoms with Gasteiger partial charge in [0.25, 0.3) is 5.91 Å². The first kappa shape index (κ1) is 14.7. The van der Waals surface area contributed by atoms with Gasteiger partial charge < -0.3 is 0 Å². The van der Waals surface area contributed by atoms with Crippen LogP contribution in [0.4, 0.5) is 5.13 Å². The van der Waals surface area contributed by atoms with Crippen LogP contribution in [-0.2, 0) is 6.42 Å². The molecule has 0 atom stereocenters. The van der Waals surface area contributed by atoms with Crippen LogP contribution in [0.5, 0.6) is 0 Å². The van der Waals surface area contributed by atoms with Crippen LogP contribution in [0, 0.1) is 0 Å². The van der Waals surface area contributed by atoms with E-state index in [4.69, 9.17) is 23.2 Å². The number of nitrogens with one attached hydrogen (secondary N) is 1. The fourth-order valence-corrected chi connectivity index (χ4v) is 4.02. The van der Waals surface area contributed by atoms with E-state index in [1.54, 1.807) is 18.2 Å². The Morgan fingerprint density at radius 3 is 2.87 bits per heavy atom. The molecule has 0 saturated carbocycles. The average Bonchev–Trinajstić information content (AvgIpc) is 3.06. The second-order valence-corrected chi connectivity index (χ2v) is 7.13. The number of aromatic nitrogens is 1. The molecule has 2 aromatic carbocycles. The van der Waals surface area contributed by atoms with Gasteiger partial charge in [0.2, 0.25) is 0 Å². The van der Waals surface area contributed by atoms with Crippen molar-refractivity contribution in [2.45, 2.75) is 6.42 Å². The minimum absolute atomic E-state index is 0.307. The van der Waals surface area contributed by atoms with Crippen molar-refractivity contribution in [2.75, 3.05) is 5.32 Å². The lowest BCUT2D eigenvalue weighted by Gasteiger charge is -2.05. The molecule has 0 unspecified atom stereocenters. The molecule has 1 heterocycles. The van der Waals surface area contributed by atoms with Crippen LogP contribution in [-0.4, -0.2) is 10.9 Å². The molecule has 0 spiro atoms. The van der Waals surface area contributed by atoms with Crippen molar-refractivity contribution < 1.29 is 4.79 Å². The summed E-state index contributed by atoms with van der Waals surface area (Å²) >= 11 is 13.5. The predicted molar refractivity (Wildman–Crippen MR) is 94.8 cm³/mol. The summed E-state index contributed by atoms with van der Waals surface area (Å²) in [6, 6.07) is 13.0. The number of amides is 1. The van der Waals surface area contributed by atoms with E-state index in [1.165, 1.54) is 21.8 Å². The number of hydrogen-bond acceptors (Lipinski definition) is 3. The Morgan fingerprint density at radius 1 is 1.17 bits per heavy atom. The van der Waals surface area contributed by atoms with E-state index in [0.717, 1.165) is 17.7 Å². The Bertz CT molecular complexity index is 936. The molecule has 1 aliphatic rings. The Labute approximate surface area is 146 Å². The maximum absolute atomic E-state index is 12.4. The number of benzene rings is 2. The number of carbonyl (C=O) groups excluding carboxylic acids is 1.